The summed E-state index contributed by atoms with van der Waals surface area (Å²) in [7, 11) is 0. The number of pyridine rings is 2. The fourth-order valence-corrected chi connectivity index (χ4v) is 9.25. The quantitative estimate of drug-likeness (QED) is 0.145. The molecule has 66 heavy (non-hydrogen) atoms. The van der Waals surface area contributed by atoms with Crippen LogP contribution in [0.15, 0.2) is 238 Å². The summed E-state index contributed by atoms with van der Waals surface area (Å²) in [6, 6.07) is 67.0. The molecule has 12 rings (SSSR count). The second kappa shape index (κ2) is 16.6. The molecule has 0 aliphatic rings. The van der Waals surface area contributed by atoms with E-state index < -0.39 is 0 Å². The zero-order valence-corrected chi connectivity index (χ0v) is 35.6. The minimum atomic E-state index is 0.827. The van der Waals surface area contributed by atoms with Crippen LogP contribution in [0.4, 0.5) is 0 Å². The second-order valence-corrected chi connectivity index (χ2v) is 16.2. The lowest BCUT2D eigenvalue weighted by Crippen LogP contribution is -2.06. The molecule has 0 spiro atoms. The molecule has 7 aromatic carbocycles. The molecule has 0 amide bonds. The Hall–Kier alpha value is -9.07. The average molecular weight is 846 g/mol. The van der Waals surface area contributed by atoms with Gasteiger partial charge in [-0.25, -0.2) is 4.98 Å². The Morgan fingerprint density at radius 1 is 0.318 bits per heavy atom. The van der Waals surface area contributed by atoms with Crippen LogP contribution in [0.2, 0.25) is 0 Å². The van der Waals surface area contributed by atoms with Gasteiger partial charge in [0.05, 0.1) is 40.5 Å². The van der Waals surface area contributed by atoms with E-state index in [0.29, 0.717) is 0 Å². The number of imidazole rings is 1. The molecule has 0 saturated carbocycles. The smallest absolute Gasteiger partial charge is 0.145 e. The lowest BCUT2D eigenvalue weighted by atomic mass is 9.90. The topological polar surface area (TPSA) is 74.3 Å². The molecule has 0 radical (unpaired) electrons. The van der Waals surface area contributed by atoms with Crippen molar-refractivity contribution in [1.82, 2.24) is 34.1 Å². The van der Waals surface area contributed by atoms with E-state index in [0.717, 1.165) is 112 Å². The van der Waals surface area contributed by atoms with Crippen LogP contribution in [0.1, 0.15) is 0 Å². The zero-order chi connectivity index (χ0) is 43.8. The monoisotopic (exact) mass is 845 g/mol. The summed E-state index contributed by atoms with van der Waals surface area (Å²) in [5.41, 5.74) is 18.0. The Balaban J connectivity index is 1.07. The van der Waals surface area contributed by atoms with Crippen molar-refractivity contribution in [2.75, 3.05) is 0 Å². The van der Waals surface area contributed by atoms with Crippen LogP contribution < -0.4 is 0 Å². The summed E-state index contributed by atoms with van der Waals surface area (Å²) in [6.07, 6.45) is 14.6. The lowest BCUT2D eigenvalue weighted by Gasteiger charge is -2.23. The fraction of sp³-hybridized carbons (Fsp3) is 0. The van der Waals surface area contributed by atoms with Gasteiger partial charge in [-0.15, -0.1) is 0 Å². The standard InChI is InChI=1S/C59H39N7/c1-4-10-40(11-5-1)48-36-50(42-12-6-2-7-13-42)58(51(37-48)43-14-8-3-9-15-43)66-57(44-26-30-61-31-27-44)39-64-59(66)45-16-20-49(21-17-45)65-55-22-18-46(41-24-28-60-29-25-41)34-52(55)53-35-47(19-23-56(53)65)54-38-62-32-33-63-54/h1-39H. The lowest BCUT2D eigenvalue weighted by molar-refractivity contribution is 1.07. The van der Waals surface area contributed by atoms with Crippen molar-refractivity contribution in [3.63, 3.8) is 0 Å². The highest BCUT2D eigenvalue weighted by atomic mass is 15.1. The Morgan fingerprint density at radius 3 is 1.44 bits per heavy atom. The maximum Gasteiger partial charge on any atom is 0.145 e. The van der Waals surface area contributed by atoms with E-state index in [-0.39, 0.29) is 0 Å². The SMILES string of the molecule is c1ccc(-c2cc(-c3ccccc3)c(-n3c(-c4ccncc4)cnc3-c3ccc(-n4c5ccc(-c6ccncc6)cc5c5cc(-c6cnccn6)ccc54)cc3)c(-c3ccccc3)c2)cc1. The highest BCUT2D eigenvalue weighted by Crippen LogP contribution is 2.44. The Labute approximate surface area is 381 Å². The summed E-state index contributed by atoms with van der Waals surface area (Å²) >= 11 is 0. The Kier molecular flexibility index (Phi) is 9.69. The highest BCUT2D eigenvalue weighted by molar-refractivity contribution is 6.11. The first-order valence-corrected chi connectivity index (χ1v) is 21.9. The van der Waals surface area contributed by atoms with Gasteiger partial charge in [0, 0.05) is 81.5 Å². The van der Waals surface area contributed by atoms with E-state index >= 15 is 0 Å². The molecule has 5 aromatic heterocycles. The average Bonchev–Trinajstić information content (AvgIpc) is 3.99. The van der Waals surface area contributed by atoms with Gasteiger partial charge in [-0.05, 0) is 118 Å². The predicted octanol–water partition coefficient (Wildman–Crippen LogP) is 14.2. The van der Waals surface area contributed by atoms with Crippen LogP contribution in [0, 0.1) is 0 Å². The summed E-state index contributed by atoms with van der Waals surface area (Å²) in [6.45, 7) is 0. The molecule has 0 atom stereocenters. The van der Waals surface area contributed by atoms with Crippen LogP contribution in [-0.2, 0) is 0 Å². The van der Waals surface area contributed by atoms with E-state index in [2.05, 4.69) is 217 Å². The molecule has 0 N–H and O–H groups in total. The summed E-state index contributed by atoms with van der Waals surface area (Å²) in [5.74, 6) is 0.827. The maximum atomic E-state index is 5.28. The molecule has 5 heterocycles. The van der Waals surface area contributed by atoms with Gasteiger partial charge in [0.15, 0.2) is 0 Å². The number of fused-ring (bicyclic) bond motifs is 3. The van der Waals surface area contributed by atoms with Crippen LogP contribution in [-0.4, -0.2) is 34.1 Å². The van der Waals surface area contributed by atoms with E-state index in [1.807, 2.05) is 37.2 Å². The molecule has 12 aromatic rings. The third-order valence-electron chi connectivity index (χ3n) is 12.4. The van der Waals surface area contributed by atoms with E-state index in [4.69, 9.17) is 4.98 Å². The normalized spacial score (nSPS) is 11.3. The molecule has 7 nitrogen and oxygen atoms in total. The molecule has 0 bridgehead atoms. The molecule has 7 heteroatoms. The van der Waals surface area contributed by atoms with Crippen molar-refractivity contribution in [2.45, 2.75) is 0 Å². The third-order valence-corrected chi connectivity index (χ3v) is 12.4. The molecule has 310 valence electrons. The number of benzene rings is 7. The molecular formula is C59H39N7. The van der Waals surface area contributed by atoms with Crippen molar-refractivity contribution in [2.24, 2.45) is 0 Å². The van der Waals surface area contributed by atoms with Crippen LogP contribution in [0.25, 0.3) is 112 Å². The van der Waals surface area contributed by atoms with Crippen LogP contribution in [0.3, 0.4) is 0 Å². The number of rotatable bonds is 9. The third kappa shape index (κ3) is 6.92. The number of aromatic nitrogens is 7. The molecule has 0 saturated heterocycles. The first kappa shape index (κ1) is 38.6. The molecule has 0 unspecified atom stereocenters. The van der Waals surface area contributed by atoms with Gasteiger partial charge in [0.1, 0.15) is 5.82 Å². The minimum Gasteiger partial charge on any atom is -0.309 e. The number of hydrogen-bond acceptors (Lipinski definition) is 5. The first-order chi connectivity index (χ1) is 32.7. The van der Waals surface area contributed by atoms with Gasteiger partial charge in [0.2, 0.25) is 0 Å². The Morgan fingerprint density at radius 2 is 0.848 bits per heavy atom. The predicted molar refractivity (Wildman–Crippen MR) is 267 cm³/mol. The van der Waals surface area contributed by atoms with Crippen molar-refractivity contribution in [3.8, 4) is 89.8 Å². The van der Waals surface area contributed by atoms with Crippen molar-refractivity contribution in [3.05, 3.63) is 238 Å². The van der Waals surface area contributed by atoms with Gasteiger partial charge >= 0.3 is 0 Å². The zero-order valence-electron chi connectivity index (χ0n) is 35.6. The van der Waals surface area contributed by atoms with E-state index in [1.54, 1.807) is 12.4 Å². The summed E-state index contributed by atoms with van der Waals surface area (Å²) in [5, 5.41) is 2.28. The summed E-state index contributed by atoms with van der Waals surface area (Å²) < 4.78 is 4.70. The van der Waals surface area contributed by atoms with Gasteiger partial charge in [-0.1, -0.05) is 103 Å². The van der Waals surface area contributed by atoms with Crippen molar-refractivity contribution >= 4 is 21.8 Å². The van der Waals surface area contributed by atoms with Gasteiger partial charge in [-0.3, -0.25) is 24.5 Å². The van der Waals surface area contributed by atoms with E-state index in [9.17, 15) is 0 Å². The molecular weight excluding hydrogens is 807 g/mol. The maximum absolute atomic E-state index is 5.28. The van der Waals surface area contributed by atoms with Crippen molar-refractivity contribution in [1.29, 1.82) is 0 Å². The number of nitrogens with zero attached hydrogens (tertiary/aromatic N) is 7. The molecule has 0 aliphatic heterocycles. The fourth-order valence-electron chi connectivity index (χ4n) is 9.25. The Bertz CT molecular complexity index is 3490. The van der Waals surface area contributed by atoms with Gasteiger partial charge in [0.25, 0.3) is 0 Å². The van der Waals surface area contributed by atoms with Crippen LogP contribution >= 0.6 is 0 Å². The van der Waals surface area contributed by atoms with Crippen LogP contribution in [0.5, 0.6) is 0 Å². The second-order valence-electron chi connectivity index (χ2n) is 16.2. The first-order valence-electron chi connectivity index (χ1n) is 21.9. The van der Waals surface area contributed by atoms with Gasteiger partial charge in [-0.2, -0.15) is 0 Å². The highest BCUT2D eigenvalue weighted by Gasteiger charge is 2.24. The van der Waals surface area contributed by atoms with Gasteiger partial charge < -0.3 is 4.57 Å². The van der Waals surface area contributed by atoms with E-state index in [1.165, 1.54) is 0 Å². The number of hydrogen-bond donors (Lipinski definition) is 0. The molecule has 0 fully saturated rings. The summed E-state index contributed by atoms with van der Waals surface area (Å²) in [4.78, 5) is 22.9. The molecule has 0 aliphatic carbocycles. The minimum absolute atomic E-state index is 0.827. The van der Waals surface area contributed by atoms with Crippen molar-refractivity contribution < 1.29 is 0 Å². The largest absolute Gasteiger partial charge is 0.309 e.